The van der Waals surface area contributed by atoms with E-state index in [2.05, 4.69) is 5.10 Å². The fourth-order valence-electron chi connectivity index (χ4n) is 1.70. The Bertz CT molecular complexity index is 670. The highest BCUT2D eigenvalue weighted by molar-refractivity contribution is 6.49. The summed E-state index contributed by atoms with van der Waals surface area (Å²) in [5.74, 6) is 5.19. The molecule has 0 bridgehead atoms. The molecule has 0 atom stereocenters. The van der Waals surface area contributed by atoms with E-state index in [1.54, 1.807) is 19.1 Å². The number of hydrogen-bond acceptors (Lipinski definition) is 4. The van der Waals surface area contributed by atoms with Crippen molar-refractivity contribution in [1.29, 1.82) is 0 Å². The van der Waals surface area contributed by atoms with E-state index in [1.807, 2.05) is 0 Å². The second kappa shape index (κ2) is 5.91. The van der Waals surface area contributed by atoms with Crippen molar-refractivity contribution >= 4 is 40.8 Å². The predicted octanol–water partition coefficient (Wildman–Crippen LogP) is 3.40. The Morgan fingerprint density at radius 1 is 1.35 bits per heavy atom. The second-order valence-electron chi connectivity index (χ2n) is 3.79. The monoisotopic (exact) mass is 333 g/mol. The number of nitrogen functional groups attached to an aromatic ring is 1. The summed E-state index contributed by atoms with van der Waals surface area (Å²) in [5, 5.41) is 4.53. The largest absolute Gasteiger partial charge is 0.462 e. The zero-order chi connectivity index (χ0) is 14.9. The Morgan fingerprint density at radius 2 is 2.05 bits per heavy atom. The van der Waals surface area contributed by atoms with Gasteiger partial charge in [0.2, 0.25) is 0 Å². The maximum Gasteiger partial charge on any atom is 0.342 e. The molecule has 2 N–H and O–H groups in total. The molecule has 106 valence electrons. The van der Waals surface area contributed by atoms with E-state index in [9.17, 15) is 4.79 Å². The van der Waals surface area contributed by atoms with E-state index >= 15 is 0 Å². The number of rotatable bonds is 3. The predicted molar refractivity (Wildman–Crippen MR) is 78.8 cm³/mol. The lowest BCUT2D eigenvalue weighted by molar-refractivity contribution is 0.0527. The molecule has 0 aliphatic rings. The fraction of sp³-hybridized carbons (Fsp3) is 0.167. The second-order valence-corrected chi connectivity index (χ2v) is 4.96. The molecule has 0 fully saturated rings. The fourth-order valence-corrected chi connectivity index (χ4v) is 2.32. The third kappa shape index (κ3) is 2.57. The number of esters is 1. The van der Waals surface area contributed by atoms with Crippen molar-refractivity contribution in [3.05, 3.63) is 39.0 Å². The third-order valence-electron chi connectivity index (χ3n) is 2.58. The van der Waals surface area contributed by atoms with Crippen molar-refractivity contribution < 1.29 is 9.53 Å². The zero-order valence-corrected chi connectivity index (χ0v) is 12.6. The lowest BCUT2D eigenvalue weighted by atomic mass is 10.1. The van der Waals surface area contributed by atoms with Crippen LogP contribution >= 0.6 is 34.8 Å². The van der Waals surface area contributed by atoms with Gasteiger partial charge in [0.25, 0.3) is 0 Å². The number of nitrogens with two attached hydrogens (primary N) is 1. The highest BCUT2D eigenvalue weighted by Crippen LogP contribution is 2.38. The number of benzene rings is 1. The summed E-state index contributed by atoms with van der Waals surface area (Å²) < 4.78 is 4.95. The normalized spacial score (nSPS) is 10.6. The number of carbonyl (C=O) groups is 1. The first-order chi connectivity index (χ1) is 9.47. The van der Waals surface area contributed by atoms with Gasteiger partial charge >= 0.3 is 5.97 Å². The number of ether oxygens (including phenoxy) is 1. The van der Waals surface area contributed by atoms with Gasteiger partial charge in [-0.2, -0.15) is 9.89 Å². The molecule has 0 unspecified atom stereocenters. The van der Waals surface area contributed by atoms with Gasteiger partial charge in [0.05, 0.1) is 27.9 Å². The molecule has 1 aromatic carbocycles. The highest BCUT2D eigenvalue weighted by Gasteiger charge is 2.22. The first-order valence-corrected chi connectivity index (χ1v) is 6.74. The van der Waals surface area contributed by atoms with Crippen LogP contribution in [0, 0.1) is 0 Å². The quantitative estimate of drug-likeness (QED) is 0.530. The van der Waals surface area contributed by atoms with Gasteiger partial charge < -0.3 is 10.6 Å². The van der Waals surface area contributed by atoms with Crippen molar-refractivity contribution in [3.63, 3.8) is 0 Å². The minimum absolute atomic E-state index is 0.182. The number of halogens is 3. The van der Waals surface area contributed by atoms with Crippen molar-refractivity contribution in [1.82, 2.24) is 9.89 Å². The summed E-state index contributed by atoms with van der Waals surface area (Å²) in [6, 6.07) is 3.17. The van der Waals surface area contributed by atoms with Gasteiger partial charge in [0.15, 0.2) is 0 Å². The van der Waals surface area contributed by atoms with Crippen LogP contribution in [0.4, 0.5) is 0 Å². The van der Waals surface area contributed by atoms with Crippen LogP contribution in [0.5, 0.6) is 0 Å². The maximum atomic E-state index is 11.9. The van der Waals surface area contributed by atoms with E-state index in [0.29, 0.717) is 16.3 Å². The van der Waals surface area contributed by atoms with E-state index in [-0.39, 0.29) is 22.2 Å². The first-order valence-electron chi connectivity index (χ1n) is 5.61. The van der Waals surface area contributed by atoms with E-state index in [1.165, 1.54) is 6.20 Å². The third-order valence-corrected chi connectivity index (χ3v) is 3.87. The highest BCUT2D eigenvalue weighted by atomic mass is 35.5. The average Bonchev–Trinajstić information content (AvgIpc) is 2.79. The van der Waals surface area contributed by atoms with Crippen LogP contribution in [-0.2, 0) is 4.74 Å². The van der Waals surface area contributed by atoms with Crippen LogP contribution in [0.25, 0.3) is 11.3 Å². The summed E-state index contributed by atoms with van der Waals surface area (Å²) in [7, 11) is 0. The van der Waals surface area contributed by atoms with E-state index < -0.39 is 5.97 Å². The Labute approximate surface area is 130 Å². The van der Waals surface area contributed by atoms with Crippen LogP contribution in [0.15, 0.2) is 18.3 Å². The molecule has 0 radical (unpaired) electrons. The molecular weight excluding hydrogens is 325 g/mol. The minimum atomic E-state index is -0.540. The van der Waals surface area contributed by atoms with Gasteiger partial charge in [0, 0.05) is 5.56 Å². The van der Waals surface area contributed by atoms with Crippen molar-refractivity contribution in [3.8, 4) is 11.3 Å². The molecule has 5 nitrogen and oxygen atoms in total. The van der Waals surface area contributed by atoms with Crippen LogP contribution in [0.1, 0.15) is 17.3 Å². The summed E-state index contributed by atoms with van der Waals surface area (Å²) in [5.41, 5.74) is 0.964. The molecule has 8 heteroatoms. The lowest BCUT2D eigenvalue weighted by Gasteiger charge is -2.09. The van der Waals surface area contributed by atoms with Gasteiger partial charge in [-0.1, -0.05) is 34.8 Å². The maximum absolute atomic E-state index is 11.9. The standard InChI is InChI=1S/C12H10Cl3N3O2/c1-2-20-12(19)7-5-17-18(16)11(7)6-3-4-8(13)10(15)9(6)14/h3-5H,2,16H2,1H3. The minimum Gasteiger partial charge on any atom is -0.462 e. The molecule has 0 aliphatic heterocycles. The molecule has 1 heterocycles. The number of nitrogens with zero attached hydrogens (tertiary/aromatic N) is 2. The Kier molecular flexibility index (Phi) is 4.42. The Morgan fingerprint density at radius 3 is 2.70 bits per heavy atom. The summed E-state index contributed by atoms with van der Waals surface area (Å²) in [6.07, 6.45) is 1.31. The molecule has 2 rings (SSSR count). The van der Waals surface area contributed by atoms with Gasteiger partial charge in [-0.15, -0.1) is 0 Å². The van der Waals surface area contributed by atoms with Crippen LogP contribution < -0.4 is 5.84 Å². The molecular formula is C12H10Cl3N3O2. The molecule has 0 spiro atoms. The number of hydrogen-bond donors (Lipinski definition) is 1. The van der Waals surface area contributed by atoms with Gasteiger partial charge in [-0.3, -0.25) is 0 Å². The first kappa shape index (κ1) is 15.0. The van der Waals surface area contributed by atoms with Crippen LogP contribution in [0.3, 0.4) is 0 Å². The van der Waals surface area contributed by atoms with Crippen molar-refractivity contribution in [2.24, 2.45) is 0 Å². The molecule has 20 heavy (non-hydrogen) atoms. The number of carbonyl (C=O) groups excluding carboxylic acids is 1. The lowest BCUT2D eigenvalue weighted by Crippen LogP contribution is -2.13. The van der Waals surface area contributed by atoms with Gasteiger partial charge in [-0.25, -0.2) is 4.79 Å². The van der Waals surface area contributed by atoms with Crippen LogP contribution in [-0.4, -0.2) is 22.5 Å². The zero-order valence-electron chi connectivity index (χ0n) is 10.4. The topological polar surface area (TPSA) is 70.1 Å². The van der Waals surface area contributed by atoms with E-state index in [4.69, 9.17) is 45.4 Å². The SMILES string of the molecule is CCOC(=O)c1cnn(N)c1-c1ccc(Cl)c(Cl)c1Cl. The van der Waals surface area contributed by atoms with Crippen molar-refractivity contribution in [2.45, 2.75) is 6.92 Å². The summed E-state index contributed by atoms with van der Waals surface area (Å²) in [4.78, 5) is 12.9. The summed E-state index contributed by atoms with van der Waals surface area (Å²) >= 11 is 18.0. The molecule has 0 saturated heterocycles. The van der Waals surface area contributed by atoms with Gasteiger partial charge in [0.1, 0.15) is 11.3 Å². The Hall–Kier alpha value is -1.43. The molecule has 2 aromatic rings. The van der Waals surface area contributed by atoms with E-state index in [0.717, 1.165) is 4.79 Å². The van der Waals surface area contributed by atoms with Crippen molar-refractivity contribution in [2.75, 3.05) is 12.4 Å². The Balaban J connectivity index is 2.62. The average molecular weight is 335 g/mol. The molecule has 0 amide bonds. The molecule has 1 aromatic heterocycles. The smallest absolute Gasteiger partial charge is 0.342 e. The number of aromatic nitrogens is 2. The molecule has 0 saturated carbocycles. The summed E-state index contributed by atoms with van der Waals surface area (Å²) in [6.45, 7) is 1.94. The molecule has 0 aliphatic carbocycles. The van der Waals surface area contributed by atoms with Crippen LogP contribution in [0.2, 0.25) is 15.1 Å². The van der Waals surface area contributed by atoms with Gasteiger partial charge in [-0.05, 0) is 19.1 Å².